The third kappa shape index (κ3) is 3.86. The molecule has 6 nitrogen and oxygen atoms in total. The van der Waals surface area contributed by atoms with Gasteiger partial charge >= 0.3 is 0 Å². The van der Waals surface area contributed by atoms with E-state index in [9.17, 15) is 4.79 Å². The van der Waals surface area contributed by atoms with E-state index in [1.54, 1.807) is 12.1 Å². The van der Waals surface area contributed by atoms with Gasteiger partial charge in [0.2, 0.25) is 5.91 Å². The molecule has 2 aromatic heterocycles. The van der Waals surface area contributed by atoms with Crippen LogP contribution in [0.1, 0.15) is 20.8 Å². The number of thioether (sulfide) groups is 1. The second-order valence-corrected chi connectivity index (χ2v) is 5.67. The van der Waals surface area contributed by atoms with Crippen molar-refractivity contribution in [2.45, 2.75) is 32.0 Å². The summed E-state index contributed by atoms with van der Waals surface area (Å²) in [6.45, 7) is 6.10. The molecular formula is C13H17N3O3S. The number of hydrogen-bond acceptors (Lipinski definition) is 6. The van der Waals surface area contributed by atoms with Gasteiger partial charge in [0.05, 0.1) is 12.0 Å². The maximum absolute atomic E-state index is 11.7. The zero-order valence-electron chi connectivity index (χ0n) is 11.6. The molecule has 1 atom stereocenters. The Morgan fingerprint density at radius 3 is 2.85 bits per heavy atom. The van der Waals surface area contributed by atoms with E-state index < -0.39 is 0 Å². The van der Waals surface area contributed by atoms with E-state index in [-0.39, 0.29) is 17.7 Å². The summed E-state index contributed by atoms with van der Waals surface area (Å²) in [5.41, 5.74) is 0. The molecule has 0 radical (unpaired) electrons. The lowest BCUT2D eigenvalue weighted by Gasteiger charge is -2.16. The second kappa shape index (κ2) is 6.60. The average Bonchev–Trinajstić information content (AvgIpc) is 3.07. The number of carbonyl (C=O) groups excluding carboxylic acids is 1. The highest BCUT2D eigenvalue weighted by Crippen LogP contribution is 2.23. The quantitative estimate of drug-likeness (QED) is 0.825. The van der Waals surface area contributed by atoms with Gasteiger partial charge < -0.3 is 14.2 Å². The van der Waals surface area contributed by atoms with Crippen LogP contribution in [0, 0.1) is 5.92 Å². The minimum absolute atomic E-state index is 0.0473. The van der Waals surface area contributed by atoms with Crippen molar-refractivity contribution in [3.8, 4) is 11.7 Å². The first-order chi connectivity index (χ1) is 9.56. The topological polar surface area (TPSA) is 81.2 Å². The van der Waals surface area contributed by atoms with Gasteiger partial charge in [-0.15, -0.1) is 10.2 Å². The minimum Gasteiger partial charge on any atom is -0.459 e. The van der Waals surface area contributed by atoms with Crippen LogP contribution in [0.5, 0.6) is 0 Å². The van der Waals surface area contributed by atoms with Crippen LogP contribution in [-0.4, -0.2) is 27.9 Å². The standard InChI is InChI=1S/C13H17N3O3S/c1-8(2)9(3)14-11(17)7-20-13-16-15-12(19-13)10-5-4-6-18-10/h4-6,8-9H,7H2,1-3H3,(H,14,17)/t9-/m0/s1. The van der Waals surface area contributed by atoms with Gasteiger partial charge in [0.1, 0.15) is 0 Å². The molecule has 0 aromatic carbocycles. The van der Waals surface area contributed by atoms with Gasteiger partial charge in [-0.25, -0.2) is 0 Å². The van der Waals surface area contributed by atoms with Crippen molar-refractivity contribution in [2.75, 3.05) is 5.75 Å². The fourth-order valence-corrected chi connectivity index (χ4v) is 1.93. The highest BCUT2D eigenvalue weighted by atomic mass is 32.2. The normalized spacial score (nSPS) is 12.6. The van der Waals surface area contributed by atoms with E-state index >= 15 is 0 Å². The Labute approximate surface area is 121 Å². The molecule has 20 heavy (non-hydrogen) atoms. The van der Waals surface area contributed by atoms with E-state index in [1.807, 2.05) is 6.92 Å². The molecule has 0 bridgehead atoms. The number of nitrogens with one attached hydrogen (secondary N) is 1. The average molecular weight is 295 g/mol. The van der Waals surface area contributed by atoms with Crippen molar-refractivity contribution in [1.82, 2.24) is 15.5 Å². The number of rotatable bonds is 6. The molecule has 0 aliphatic heterocycles. The fourth-order valence-electron chi connectivity index (χ4n) is 1.36. The van der Waals surface area contributed by atoms with Crippen LogP contribution in [0.4, 0.5) is 0 Å². The largest absolute Gasteiger partial charge is 0.459 e. The molecule has 0 unspecified atom stereocenters. The first-order valence-electron chi connectivity index (χ1n) is 6.36. The Morgan fingerprint density at radius 2 is 2.20 bits per heavy atom. The Balaban J connectivity index is 1.84. The first-order valence-corrected chi connectivity index (χ1v) is 7.34. The first kappa shape index (κ1) is 14.6. The molecular weight excluding hydrogens is 278 g/mol. The molecule has 0 aliphatic carbocycles. The summed E-state index contributed by atoms with van der Waals surface area (Å²) in [6.07, 6.45) is 1.53. The van der Waals surface area contributed by atoms with Crippen molar-refractivity contribution in [1.29, 1.82) is 0 Å². The molecule has 1 N–H and O–H groups in total. The smallest absolute Gasteiger partial charge is 0.284 e. The van der Waals surface area contributed by atoms with Gasteiger partial charge in [-0.1, -0.05) is 25.6 Å². The molecule has 1 amide bonds. The third-order valence-electron chi connectivity index (χ3n) is 2.85. The molecule has 0 fully saturated rings. The van der Waals surface area contributed by atoms with Crippen LogP contribution in [-0.2, 0) is 4.79 Å². The number of nitrogens with zero attached hydrogens (tertiary/aromatic N) is 2. The minimum atomic E-state index is -0.0473. The van der Waals surface area contributed by atoms with Gasteiger partial charge in [0.25, 0.3) is 11.1 Å². The second-order valence-electron chi connectivity index (χ2n) is 4.74. The van der Waals surface area contributed by atoms with E-state index in [2.05, 4.69) is 29.4 Å². The lowest BCUT2D eigenvalue weighted by atomic mass is 10.1. The summed E-state index contributed by atoms with van der Waals surface area (Å²) >= 11 is 1.21. The Bertz CT molecular complexity index is 551. The van der Waals surface area contributed by atoms with Gasteiger partial charge in [-0.3, -0.25) is 4.79 Å². The predicted octanol–water partition coefficient (Wildman–Crippen LogP) is 2.58. The lowest BCUT2D eigenvalue weighted by Crippen LogP contribution is -2.37. The molecule has 2 aromatic rings. The van der Waals surface area contributed by atoms with Crippen molar-refractivity contribution < 1.29 is 13.6 Å². The zero-order valence-corrected chi connectivity index (χ0v) is 12.4. The highest BCUT2D eigenvalue weighted by Gasteiger charge is 2.14. The number of furan rings is 1. The number of hydrogen-bond donors (Lipinski definition) is 1. The van der Waals surface area contributed by atoms with Crippen LogP contribution in [0.3, 0.4) is 0 Å². The van der Waals surface area contributed by atoms with Gasteiger partial charge in [0.15, 0.2) is 5.76 Å². The van der Waals surface area contributed by atoms with Crippen molar-refractivity contribution in [2.24, 2.45) is 5.92 Å². The predicted molar refractivity (Wildman–Crippen MR) is 75.2 cm³/mol. The summed E-state index contributed by atoms with van der Waals surface area (Å²) in [4.78, 5) is 11.7. The van der Waals surface area contributed by atoms with E-state index in [4.69, 9.17) is 8.83 Å². The van der Waals surface area contributed by atoms with Crippen LogP contribution in [0.2, 0.25) is 0 Å². The highest BCUT2D eigenvalue weighted by molar-refractivity contribution is 7.99. The van der Waals surface area contributed by atoms with Crippen LogP contribution in [0.25, 0.3) is 11.7 Å². The monoisotopic (exact) mass is 295 g/mol. The fraction of sp³-hybridized carbons (Fsp3) is 0.462. The molecule has 108 valence electrons. The Kier molecular flexibility index (Phi) is 4.84. The van der Waals surface area contributed by atoms with Gasteiger partial charge in [0, 0.05) is 6.04 Å². The van der Waals surface area contributed by atoms with E-state index in [0.29, 0.717) is 22.8 Å². The molecule has 0 saturated carbocycles. The number of carbonyl (C=O) groups is 1. The SMILES string of the molecule is CC(C)[C@H](C)NC(=O)CSc1nnc(-c2ccco2)o1. The van der Waals surface area contributed by atoms with Crippen molar-refractivity contribution in [3.63, 3.8) is 0 Å². The van der Waals surface area contributed by atoms with E-state index in [0.717, 1.165) is 0 Å². The van der Waals surface area contributed by atoms with Gasteiger partial charge in [-0.2, -0.15) is 0 Å². The molecule has 7 heteroatoms. The Morgan fingerprint density at radius 1 is 1.40 bits per heavy atom. The summed E-state index contributed by atoms with van der Waals surface area (Å²) in [7, 11) is 0. The third-order valence-corrected chi connectivity index (χ3v) is 3.67. The van der Waals surface area contributed by atoms with Crippen LogP contribution in [0.15, 0.2) is 32.5 Å². The molecule has 0 aliphatic rings. The maximum atomic E-state index is 11.7. The summed E-state index contributed by atoms with van der Waals surface area (Å²) in [5, 5.41) is 11.0. The zero-order chi connectivity index (χ0) is 14.5. The summed E-state index contributed by atoms with van der Waals surface area (Å²) < 4.78 is 10.6. The maximum Gasteiger partial charge on any atom is 0.284 e. The van der Waals surface area contributed by atoms with Gasteiger partial charge in [-0.05, 0) is 25.0 Å². The molecule has 2 rings (SSSR count). The van der Waals surface area contributed by atoms with Crippen LogP contribution >= 0.6 is 11.8 Å². The lowest BCUT2D eigenvalue weighted by molar-refractivity contribution is -0.119. The van der Waals surface area contributed by atoms with Crippen molar-refractivity contribution in [3.05, 3.63) is 18.4 Å². The molecule has 0 saturated heterocycles. The Hall–Kier alpha value is -1.76. The van der Waals surface area contributed by atoms with Crippen LogP contribution < -0.4 is 5.32 Å². The molecule has 2 heterocycles. The summed E-state index contributed by atoms with van der Waals surface area (Å²) in [5.74, 6) is 1.43. The summed E-state index contributed by atoms with van der Waals surface area (Å²) in [6, 6.07) is 3.62. The number of amides is 1. The van der Waals surface area contributed by atoms with Crippen molar-refractivity contribution >= 4 is 17.7 Å². The molecule has 0 spiro atoms. The number of aromatic nitrogens is 2. The van der Waals surface area contributed by atoms with E-state index in [1.165, 1.54) is 18.0 Å².